The van der Waals surface area contributed by atoms with E-state index in [4.69, 9.17) is 9.47 Å². The van der Waals surface area contributed by atoms with Crippen molar-refractivity contribution in [2.45, 2.75) is 19.9 Å². The van der Waals surface area contributed by atoms with E-state index in [2.05, 4.69) is 5.32 Å². The summed E-state index contributed by atoms with van der Waals surface area (Å²) in [6.45, 7) is 5.05. The standard InChI is InChI=1S/C15H21NO3/c1-9-5-6-11(15(18-4)10(9)2)14(17)12-7-19-8-13(12)16-3/h5-6,12-13,16H,7-8H2,1-4H3. The molecule has 1 saturated heterocycles. The Kier molecular flexibility index (Phi) is 4.22. The zero-order valence-electron chi connectivity index (χ0n) is 11.9. The van der Waals surface area contributed by atoms with Gasteiger partial charge in [-0.15, -0.1) is 0 Å². The fraction of sp³-hybridized carbons (Fsp3) is 0.533. The molecule has 1 heterocycles. The molecule has 0 amide bonds. The third-order valence-corrected chi connectivity index (χ3v) is 3.93. The van der Waals surface area contributed by atoms with E-state index in [0.29, 0.717) is 24.5 Å². The van der Waals surface area contributed by atoms with Crippen molar-refractivity contribution < 1.29 is 14.3 Å². The van der Waals surface area contributed by atoms with Crippen LogP contribution < -0.4 is 10.1 Å². The number of carbonyl (C=O) groups is 1. The van der Waals surface area contributed by atoms with Gasteiger partial charge in [0.05, 0.1) is 31.8 Å². The summed E-state index contributed by atoms with van der Waals surface area (Å²) in [7, 11) is 3.47. The molecule has 0 spiro atoms. The zero-order valence-corrected chi connectivity index (χ0v) is 11.9. The molecule has 1 fully saturated rings. The molecular weight excluding hydrogens is 242 g/mol. The van der Waals surface area contributed by atoms with E-state index in [1.54, 1.807) is 7.11 Å². The van der Waals surface area contributed by atoms with Crippen molar-refractivity contribution in [3.8, 4) is 5.75 Å². The molecule has 0 radical (unpaired) electrons. The molecule has 1 aliphatic rings. The minimum atomic E-state index is -0.138. The Morgan fingerprint density at radius 3 is 2.74 bits per heavy atom. The van der Waals surface area contributed by atoms with E-state index in [0.717, 1.165) is 11.1 Å². The summed E-state index contributed by atoms with van der Waals surface area (Å²) in [4.78, 5) is 12.7. The summed E-state index contributed by atoms with van der Waals surface area (Å²) in [5.41, 5.74) is 2.80. The lowest BCUT2D eigenvalue weighted by Crippen LogP contribution is -2.37. The molecule has 2 atom stereocenters. The van der Waals surface area contributed by atoms with Crippen molar-refractivity contribution in [2.24, 2.45) is 5.92 Å². The van der Waals surface area contributed by atoms with Crippen molar-refractivity contribution in [3.63, 3.8) is 0 Å². The maximum atomic E-state index is 12.7. The minimum Gasteiger partial charge on any atom is -0.496 e. The Bertz CT molecular complexity index is 485. The van der Waals surface area contributed by atoms with Crippen LogP contribution in [0.4, 0.5) is 0 Å². The van der Waals surface area contributed by atoms with Gasteiger partial charge < -0.3 is 14.8 Å². The third kappa shape index (κ3) is 2.51. The number of hydrogen-bond donors (Lipinski definition) is 1. The molecule has 0 aromatic heterocycles. The molecule has 0 bridgehead atoms. The number of benzene rings is 1. The average Bonchev–Trinajstić information content (AvgIpc) is 2.89. The number of ketones is 1. The Labute approximate surface area is 114 Å². The van der Waals surface area contributed by atoms with Crippen LogP contribution >= 0.6 is 0 Å². The van der Waals surface area contributed by atoms with E-state index in [9.17, 15) is 4.79 Å². The SMILES string of the molecule is CNC1COCC1C(=O)c1ccc(C)c(C)c1OC. The topological polar surface area (TPSA) is 47.6 Å². The van der Waals surface area contributed by atoms with Gasteiger partial charge in [-0.2, -0.15) is 0 Å². The normalized spacial score (nSPS) is 22.5. The minimum absolute atomic E-state index is 0.0822. The molecule has 2 rings (SSSR count). The van der Waals surface area contributed by atoms with Gasteiger partial charge >= 0.3 is 0 Å². The summed E-state index contributed by atoms with van der Waals surface area (Å²) >= 11 is 0. The van der Waals surface area contributed by atoms with Crippen molar-refractivity contribution >= 4 is 5.78 Å². The lowest BCUT2D eigenvalue weighted by atomic mass is 9.91. The maximum Gasteiger partial charge on any atom is 0.173 e. The first kappa shape index (κ1) is 14.0. The van der Waals surface area contributed by atoms with E-state index in [1.807, 2.05) is 33.0 Å². The predicted octanol–water partition coefficient (Wildman–Crippen LogP) is 1.73. The second-order valence-electron chi connectivity index (χ2n) is 4.99. The Morgan fingerprint density at radius 2 is 2.11 bits per heavy atom. The van der Waals surface area contributed by atoms with Crippen molar-refractivity contribution in [1.29, 1.82) is 0 Å². The highest BCUT2D eigenvalue weighted by Crippen LogP contribution is 2.30. The van der Waals surface area contributed by atoms with E-state index >= 15 is 0 Å². The molecule has 2 unspecified atom stereocenters. The molecule has 104 valence electrons. The molecule has 1 aromatic carbocycles. The van der Waals surface area contributed by atoms with E-state index < -0.39 is 0 Å². The maximum absolute atomic E-state index is 12.7. The number of methoxy groups -OCH3 is 1. The second-order valence-corrected chi connectivity index (χ2v) is 4.99. The molecule has 1 aliphatic heterocycles. The summed E-state index contributed by atoms with van der Waals surface area (Å²) in [6, 6.07) is 3.91. The van der Waals surface area contributed by atoms with Gasteiger partial charge in [0.1, 0.15) is 5.75 Å². The van der Waals surface area contributed by atoms with E-state index in [-0.39, 0.29) is 17.7 Å². The first-order valence-electron chi connectivity index (χ1n) is 6.53. The highest BCUT2D eigenvalue weighted by atomic mass is 16.5. The number of likely N-dealkylation sites (N-methyl/N-ethyl adjacent to an activating group) is 1. The summed E-state index contributed by atoms with van der Waals surface area (Å²) in [5.74, 6) is 0.643. The van der Waals surface area contributed by atoms with Crippen LogP contribution in [0.1, 0.15) is 21.5 Å². The Hall–Kier alpha value is -1.39. The van der Waals surface area contributed by atoms with E-state index in [1.165, 1.54) is 0 Å². The van der Waals surface area contributed by atoms with Crippen molar-refractivity contribution in [3.05, 3.63) is 28.8 Å². The highest BCUT2D eigenvalue weighted by molar-refractivity contribution is 6.01. The molecule has 0 aliphatic carbocycles. The van der Waals surface area contributed by atoms with Gasteiger partial charge in [-0.1, -0.05) is 6.07 Å². The number of Topliss-reactive ketones (excluding diaryl/α,β-unsaturated/α-hetero) is 1. The Morgan fingerprint density at radius 1 is 1.37 bits per heavy atom. The van der Waals surface area contributed by atoms with Crippen molar-refractivity contribution in [1.82, 2.24) is 5.32 Å². The van der Waals surface area contributed by atoms with Gasteiger partial charge in [0, 0.05) is 6.04 Å². The number of carbonyl (C=O) groups excluding carboxylic acids is 1. The highest BCUT2D eigenvalue weighted by Gasteiger charge is 2.34. The largest absolute Gasteiger partial charge is 0.496 e. The fourth-order valence-electron chi connectivity index (χ4n) is 2.54. The molecule has 1 N–H and O–H groups in total. The van der Waals surface area contributed by atoms with Crippen molar-refractivity contribution in [2.75, 3.05) is 27.4 Å². The lowest BCUT2D eigenvalue weighted by molar-refractivity contribution is 0.0889. The van der Waals surface area contributed by atoms with Gasteiger partial charge in [0.2, 0.25) is 0 Å². The first-order chi connectivity index (χ1) is 9.10. The first-order valence-corrected chi connectivity index (χ1v) is 6.53. The molecule has 4 heteroatoms. The number of ether oxygens (including phenoxy) is 2. The molecule has 4 nitrogen and oxygen atoms in total. The monoisotopic (exact) mass is 263 g/mol. The van der Waals surface area contributed by atoms with Gasteiger partial charge in [0.15, 0.2) is 5.78 Å². The molecule has 19 heavy (non-hydrogen) atoms. The number of hydrogen-bond acceptors (Lipinski definition) is 4. The van der Waals surface area contributed by atoms with Gasteiger partial charge in [0.25, 0.3) is 0 Å². The van der Waals surface area contributed by atoms with Gasteiger partial charge in [-0.25, -0.2) is 0 Å². The van der Waals surface area contributed by atoms with Gasteiger partial charge in [-0.05, 0) is 38.1 Å². The van der Waals surface area contributed by atoms with Crippen LogP contribution in [-0.4, -0.2) is 39.2 Å². The number of nitrogens with one attached hydrogen (secondary N) is 1. The van der Waals surface area contributed by atoms with Crippen LogP contribution in [-0.2, 0) is 4.74 Å². The number of rotatable bonds is 4. The lowest BCUT2D eigenvalue weighted by Gasteiger charge is -2.18. The average molecular weight is 263 g/mol. The smallest absolute Gasteiger partial charge is 0.173 e. The van der Waals surface area contributed by atoms with Crippen LogP contribution in [0.15, 0.2) is 12.1 Å². The van der Waals surface area contributed by atoms with Crippen LogP contribution in [0.5, 0.6) is 5.75 Å². The summed E-state index contributed by atoms with van der Waals surface area (Å²) in [6.07, 6.45) is 0. The molecule has 1 aromatic rings. The summed E-state index contributed by atoms with van der Waals surface area (Å²) < 4.78 is 10.8. The molecular formula is C15H21NO3. The fourth-order valence-corrected chi connectivity index (χ4v) is 2.54. The Balaban J connectivity index is 2.36. The third-order valence-electron chi connectivity index (χ3n) is 3.93. The zero-order chi connectivity index (χ0) is 14.0. The van der Waals surface area contributed by atoms with Crippen LogP contribution in [0.2, 0.25) is 0 Å². The summed E-state index contributed by atoms with van der Waals surface area (Å²) in [5, 5.41) is 3.14. The quantitative estimate of drug-likeness (QED) is 0.840. The number of aryl methyl sites for hydroxylation is 1. The molecule has 0 saturated carbocycles. The van der Waals surface area contributed by atoms with Gasteiger partial charge in [-0.3, -0.25) is 4.79 Å². The van der Waals surface area contributed by atoms with Crippen LogP contribution in [0.3, 0.4) is 0 Å². The van der Waals surface area contributed by atoms with Crippen LogP contribution in [0.25, 0.3) is 0 Å². The second kappa shape index (κ2) is 5.72. The predicted molar refractivity (Wildman–Crippen MR) is 74.0 cm³/mol. The van der Waals surface area contributed by atoms with Crippen LogP contribution in [0, 0.1) is 19.8 Å².